The second kappa shape index (κ2) is 6.89. The zero-order valence-corrected chi connectivity index (χ0v) is 14.7. The van der Waals surface area contributed by atoms with Gasteiger partial charge in [0.05, 0.1) is 18.2 Å². The number of carbonyl (C=O) groups is 2. The van der Waals surface area contributed by atoms with E-state index in [0.29, 0.717) is 31.5 Å². The maximum absolute atomic E-state index is 12.8. The molecule has 1 aromatic rings. The second-order valence-electron chi connectivity index (χ2n) is 7.25. The van der Waals surface area contributed by atoms with Crippen LogP contribution in [0.3, 0.4) is 0 Å². The number of likely N-dealkylation sites (N-methyl/N-ethyl adjacent to an activating group) is 1. The third-order valence-corrected chi connectivity index (χ3v) is 5.19. The Kier molecular flexibility index (Phi) is 4.85. The van der Waals surface area contributed by atoms with Gasteiger partial charge >= 0.3 is 0 Å². The van der Waals surface area contributed by atoms with Crippen molar-refractivity contribution in [2.75, 3.05) is 33.7 Å². The van der Waals surface area contributed by atoms with E-state index in [9.17, 15) is 9.59 Å². The van der Waals surface area contributed by atoms with Crippen molar-refractivity contribution < 1.29 is 9.59 Å². The zero-order valence-electron chi connectivity index (χ0n) is 14.7. The highest BCUT2D eigenvalue weighted by molar-refractivity contribution is 5.89. The Labute approximate surface area is 143 Å². The lowest BCUT2D eigenvalue weighted by molar-refractivity contribution is -0.135. The van der Waals surface area contributed by atoms with Gasteiger partial charge in [0.1, 0.15) is 0 Å². The lowest BCUT2D eigenvalue weighted by Crippen LogP contribution is -2.38. The van der Waals surface area contributed by atoms with Crippen molar-refractivity contribution in [1.29, 1.82) is 0 Å². The molecule has 3 heterocycles. The summed E-state index contributed by atoms with van der Waals surface area (Å²) < 4.78 is 0. The lowest BCUT2D eigenvalue weighted by Gasteiger charge is -2.23. The first-order valence-corrected chi connectivity index (χ1v) is 8.58. The van der Waals surface area contributed by atoms with Gasteiger partial charge in [0.25, 0.3) is 0 Å². The molecule has 6 heteroatoms. The smallest absolute Gasteiger partial charge is 0.228 e. The zero-order chi connectivity index (χ0) is 17.3. The molecule has 0 unspecified atom stereocenters. The highest BCUT2D eigenvalue weighted by atomic mass is 16.2. The van der Waals surface area contributed by atoms with Gasteiger partial charge in [0.2, 0.25) is 11.8 Å². The minimum Gasteiger partial charge on any atom is -0.340 e. The van der Waals surface area contributed by atoms with Crippen molar-refractivity contribution in [3.05, 3.63) is 30.1 Å². The maximum Gasteiger partial charge on any atom is 0.228 e. The topological polar surface area (TPSA) is 56.8 Å². The number of likely N-dealkylation sites (tertiary alicyclic amines) is 2. The van der Waals surface area contributed by atoms with Crippen LogP contribution >= 0.6 is 0 Å². The fourth-order valence-corrected chi connectivity index (χ4v) is 3.84. The van der Waals surface area contributed by atoms with Gasteiger partial charge in [-0.3, -0.25) is 14.6 Å². The molecule has 130 valence electrons. The third kappa shape index (κ3) is 3.43. The van der Waals surface area contributed by atoms with E-state index in [1.165, 1.54) is 0 Å². The van der Waals surface area contributed by atoms with Crippen LogP contribution < -0.4 is 0 Å². The summed E-state index contributed by atoms with van der Waals surface area (Å²) in [7, 11) is 4.12. The van der Waals surface area contributed by atoms with Gasteiger partial charge in [-0.1, -0.05) is 13.0 Å². The number of pyridine rings is 1. The molecule has 0 bridgehead atoms. The average molecular weight is 330 g/mol. The summed E-state index contributed by atoms with van der Waals surface area (Å²) in [6, 6.07) is 6.08. The fourth-order valence-electron chi connectivity index (χ4n) is 3.84. The van der Waals surface area contributed by atoms with Crippen molar-refractivity contribution >= 4 is 11.8 Å². The van der Waals surface area contributed by atoms with Gasteiger partial charge in [-0.15, -0.1) is 0 Å². The largest absolute Gasteiger partial charge is 0.340 e. The molecular weight excluding hydrogens is 304 g/mol. The number of nitrogens with zero attached hydrogens (tertiary/aromatic N) is 4. The summed E-state index contributed by atoms with van der Waals surface area (Å²) in [6.07, 6.45) is 2.05. The molecule has 1 aromatic heterocycles. The van der Waals surface area contributed by atoms with E-state index in [1.54, 1.807) is 11.1 Å². The average Bonchev–Trinajstić information content (AvgIpc) is 3.11. The van der Waals surface area contributed by atoms with Crippen LogP contribution in [0, 0.1) is 11.8 Å². The van der Waals surface area contributed by atoms with Crippen LogP contribution in [0.5, 0.6) is 0 Å². The summed E-state index contributed by atoms with van der Waals surface area (Å²) >= 11 is 0. The van der Waals surface area contributed by atoms with Gasteiger partial charge in [0.15, 0.2) is 0 Å². The molecule has 2 aliphatic heterocycles. The van der Waals surface area contributed by atoms with Crippen LogP contribution in [0.15, 0.2) is 24.4 Å². The highest BCUT2D eigenvalue weighted by Crippen LogP contribution is 2.26. The molecule has 0 N–H and O–H groups in total. The van der Waals surface area contributed by atoms with Crippen LogP contribution in [0.4, 0.5) is 0 Å². The molecule has 2 fully saturated rings. The third-order valence-electron chi connectivity index (χ3n) is 5.19. The second-order valence-corrected chi connectivity index (χ2v) is 7.25. The molecule has 0 aliphatic carbocycles. The summed E-state index contributed by atoms with van der Waals surface area (Å²) in [6.45, 7) is 4.72. The van der Waals surface area contributed by atoms with Crippen molar-refractivity contribution in [3.8, 4) is 0 Å². The Morgan fingerprint density at radius 3 is 2.71 bits per heavy atom. The molecule has 2 aliphatic rings. The first kappa shape index (κ1) is 16.9. The summed E-state index contributed by atoms with van der Waals surface area (Å²) in [5, 5.41) is 0. The molecule has 0 aromatic carbocycles. The minimum absolute atomic E-state index is 0.0513. The van der Waals surface area contributed by atoms with Crippen LogP contribution in [0.1, 0.15) is 19.0 Å². The number of hydrogen-bond donors (Lipinski definition) is 0. The molecule has 3 rings (SSSR count). The predicted molar refractivity (Wildman–Crippen MR) is 91.0 cm³/mol. The highest BCUT2D eigenvalue weighted by Gasteiger charge is 2.40. The summed E-state index contributed by atoms with van der Waals surface area (Å²) in [4.78, 5) is 35.2. The van der Waals surface area contributed by atoms with Crippen LogP contribution in [-0.4, -0.2) is 71.3 Å². The SMILES string of the molecule is C[C@@H]1CN(C(=O)[C@@H]2CC(=O)N(Cc3ccccn3)C2)C[C@@H]1N(C)C. The van der Waals surface area contributed by atoms with Gasteiger partial charge in [-0.25, -0.2) is 0 Å². The quantitative estimate of drug-likeness (QED) is 0.821. The maximum atomic E-state index is 12.8. The number of aromatic nitrogens is 1. The Bertz CT molecular complexity index is 604. The van der Waals surface area contributed by atoms with Crippen LogP contribution in [0.25, 0.3) is 0 Å². The Balaban J connectivity index is 1.60. The van der Waals surface area contributed by atoms with E-state index < -0.39 is 0 Å². The fraction of sp³-hybridized carbons (Fsp3) is 0.611. The monoisotopic (exact) mass is 330 g/mol. The van der Waals surface area contributed by atoms with Crippen molar-refractivity contribution in [2.45, 2.75) is 25.9 Å². The standard InChI is InChI=1S/C18H26N4O2/c1-13-9-22(12-16(13)20(2)3)18(24)14-8-17(23)21(10-14)11-15-6-4-5-7-19-15/h4-7,13-14,16H,8-12H2,1-3H3/t13-,14-,16+/m1/s1. The Hall–Kier alpha value is -1.95. The molecule has 0 radical (unpaired) electrons. The van der Waals surface area contributed by atoms with E-state index >= 15 is 0 Å². The molecule has 0 saturated carbocycles. The molecule has 0 spiro atoms. The number of amides is 2. The van der Waals surface area contributed by atoms with Crippen LogP contribution in [-0.2, 0) is 16.1 Å². The lowest BCUT2D eigenvalue weighted by atomic mass is 10.1. The van der Waals surface area contributed by atoms with Gasteiger partial charge in [-0.2, -0.15) is 0 Å². The predicted octanol–water partition coefficient (Wildman–Crippen LogP) is 0.839. The van der Waals surface area contributed by atoms with Gasteiger partial charge in [0, 0.05) is 38.3 Å². The molecule has 24 heavy (non-hydrogen) atoms. The van der Waals surface area contributed by atoms with Crippen molar-refractivity contribution in [3.63, 3.8) is 0 Å². The number of rotatable bonds is 4. The van der Waals surface area contributed by atoms with E-state index in [0.717, 1.165) is 18.8 Å². The van der Waals surface area contributed by atoms with E-state index in [4.69, 9.17) is 0 Å². The molecular formula is C18H26N4O2. The van der Waals surface area contributed by atoms with Crippen molar-refractivity contribution in [2.24, 2.45) is 11.8 Å². The van der Waals surface area contributed by atoms with E-state index in [-0.39, 0.29) is 17.7 Å². The van der Waals surface area contributed by atoms with Gasteiger partial charge in [-0.05, 0) is 32.1 Å². The molecule has 2 amide bonds. The van der Waals surface area contributed by atoms with Crippen LogP contribution in [0.2, 0.25) is 0 Å². The van der Waals surface area contributed by atoms with E-state index in [1.807, 2.05) is 23.1 Å². The molecule has 2 saturated heterocycles. The molecule has 3 atom stereocenters. The summed E-state index contributed by atoms with van der Waals surface area (Å²) in [5.41, 5.74) is 0.862. The van der Waals surface area contributed by atoms with Crippen molar-refractivity contribution in [1.82, 2.24) is 19.7 Å². The Morgan fingerprint density at radius 1 is 1.29 bits per heavy atom. The van der Waals surface area contributed by atoms with E-state index in [2.05, 4.69) is 30.9 Å². The molecule has 6 nitrogen and oxygen atoms in total. The first-order chi connectivity index (χ1) is 11.5. The number of hydrogen-bond acceptors (Lipinski definition) is 4. The number of carbonyl (C=O) groups excluding carboxylic acids is 2. The Morgan fingerprint density at radius 2 is 2.08 bits per heavy atom. The normalized spacial score (nSPS) is 27.3. The first-order valence-electron chi connectivity index (χ1n) is 8.58. The van der Waals surface area contributed by atoms with Gasteiger partial charge < -0.3 is 14.7 Å². The minimum atomic E-state index is -0.214. The summed E-state index contributed by atoms with van der Waals surface area (Å²) in [5.74, 6) is 0.429.